The highest BCUT2D eigenvalue weighted by molar-refractivity contribution is 5.88. The lowest BCUT2D eigenvalue weighted by molar-refractivity contribution is 0.0611. The fraction of sp³-hybridized carbons (Fsp3) is 0.650. The first-order valence-electron chi connectivity index (χ1n) is 9.30. The van der Waals surface area contributed by atoms with Crippen molar-refractivity contribution in [2.45, 2.75) is 57.4 Å². The first-order valence-corrected chi connectivity index (χ1v) is 9.30. The minimum Gasteiger partial charge on any atom is -0.478 e. The summed E-state index contributed by atoms with van der Waals surface area (Å²) < 4.78 is 5.44. The zero-order valence-corrected chi connectivity index (χ0v) is 14.6. The van der Waals surface area contributed by atoms with Crippen LogP contribution in [-0.2, 0) is 11.2 Å². The number of hydrogen-bond acceptors (Lipinski definition) is 3. The third kappa shape index (κ3) is 4.37. The number of rotatable bonds is 6. The van der Waals surface area contributed by atoms with Crippen LogP contribution in [0.4, 0.5) is 0 Å². The van der Waals surface area contributed by atoms with Crippen molar-refractivity contribution in [1.29, 1.82) is 0 Å². The first kappa shape index (κ1) is 17.4. The molecule has 4 nitrogen and oxygen atoms in total. The summed E-state index contributed by atoms with van der Waals surface area (Å²) in [5.74, 6) is 0.381. The van der Waals surface area contributed by atoms with Gasteiger partial charge in [-0.15, -0.1) is 0 Å². The normalized spacial score (nSPS) is 22.8. The molecule has 1 aromatic rings. The van der Waals surface area contributed by atoms with Gasteiger partial charge in [0.15, 0.2) is 0 Å². The number of carboxylic acids is 1. The number of fused-ring (bicyclic) bond motifs is 1. The van der Waals surface area contributed by atoms with E-state index in [9.17, 15) is 9.90 Å². The van der Waals surface area contributed by atoms with Crippen LogP contribution in [-0.4, -0.2) is 36.9 Å². The van der Waals surface area contributed by atoms with Crippen molar-refractivity contribution >= 4 is 5.97 Å². The lowest BCUT2D eigenvalue weighted by atomic mass is 9.81. The molecule has 1 aliphatic carbocycles. The van der Waals surface area contributed by atoms with Crippen molar-refractivity contribution in [3.05, 3.63) is 34.9 Å². The van der Waals surface area contributed by atoms with Crippen molar-refractivity contribution in [3.63, 3.8) is 0 Å². The largest absolute Gasteiger partial charge is 0.478 e. The zero-order valence-electron chi connectivity index (χ0n) is 14.6. The van der Waals surface area contributed by atoms with Gasteiger partial charge in [-0.1, -0.05) is 6.07 Å². The molecule has 0 aromatic heterocycles. The van der Waals surface area contributed by atoms with E-state index in [0.717, 1.165) is 38.5 Å². The molecule has 0 amide bonds. The van der Waals surface area contributed by atoms with E-state index in [0.29, 0.717) is 17.5 Å². The third-order valence-corrected chi connectivity index (χ3v) is 5.57. The highest BCUT2D eigenvalue weighted by Crippen LogP contribution is 2.32. The van der Waals surface area contributed by atoms with E-state index in [2.05, 4.69) is 12.2 Å². The average Bonchev–Trinajstić information content (AvgIpc) is 2.60. The standard InChI is InChI=1S/C20H29NO3/c1-14(11-15-7-9-24-10-8-15)21-13-18-4-2-3-16-5-6-17(20(22)23)12-19(16)18/h5-6,12,14-15,18,21H,2-4,7-11,13H2,1H3,(H,22,23). The Kier molecular flexibility index (Phi) is 5.90. The number of carbonyl (C=O) groups is 1. The van der Waals surface area contributed by atoms with Gasteiger partial charge < -0.3 is 15.2 Å². The Morgan fingerprint density at radius 3 is 2.88 bits per heavy atom. The molecule has 4 heteroatoms. The van der Waals surface area contributed by atoms with Gasteiger partial charge >= 0.3 is 5.97 Å². The van der Waals surface area contributed by atoms with E-state index >= 15 is 0 Å². The summed E-state index contributed by atoms with van der Waals surface area (Å²) in [5.41, 5.74) is 2.98. The maximum Gasteiger partial charge on any atom is 0.335 e. The molecule has 2 N–H and O–H groups in total. The van der Waals surface area contributed by atoms with Gasteiger partial charge in [0.25, 0.3) is 0 Å². The van der Waals surface area contributed by atoms with Crippen LogP contribution in [0.3, 0.4) is 0 Å². The molecule has 132 valence electrons. The van der Waals surface area contributed by atoms with Crippen LogP contribution in [0, 0.1) is 5.92 Å². The summed E-state index contributed by atoms with van der Waals surface area (Å²) in [6, 6.07) is 6.15. The molecule has 1 aromatic carbocycles. The number of nitrogens with one attached hydrogen (secondary N) is 1. The van der Waals surface area contributed by atoms with Crippen molar-refractivity contribution < 1.29 is 14.6 Å². The van der Waals surface area contributed by atoms with Crippen LogP contribution < -0.4 is 5.32 Å². The molecule has 24 heavy (non-hydrogen) atoms. The Morgan fingerprint density at radius 1 is 1.33 bits per heavy atom. The lowest BCUT2D eigenvalue weighted by Crippen LogP contribution is -2.34. The second kappa shape index (κ2) is 8.13. The maximum atomic E-state index is 11.3. The molecular formula is C20H29NO3. The Bertz CT molecular complexity index is 566. The first-order chi connectivity index (χ1) is 11.6. The van der Waals surface area contributed by atoms with Gasteiger partial charge in [-0.3, -0.25) is 0 Å². The molecule has 0 bridgehead atoms. The van der Waals surface area contributed by atoms with Gasteiger partial charge in [0, 0.05) is 25.8 Å². The van der Waals surface area contributed by atoms with Crippen LogP contribution in [0.2, 0.25) is 0 Å². The van der Waals surface area contributed by atoms with Crippen molar-refractivity contribution in [2.75, 3.05) is 19.8 Å². The van der Waals surface area contributed by atoms with Crippen LogP contribution in [0.15, 0.2) is 18.2 Å². The van der Waals surface area contributed by atoms with E-state index in [1.807, 2.05) is 12.1 Å². The van der Waals surface area contributed by atoms with E-state index < -0.39 is 5.97 Å². The molecule has 1 aliphatic heterocycles. The summed E-state index contributed by atoms with van der Waals surface area (Å²) in [6.45, 7) is 5.03. The molecule has 2 unspecified atom stereocenters. The van der Waals surface area contributed by atoms with Gasteiger partial charge in [0.05, 0.1) is 5.56 Å². The predicted molar refractivity (Wildman–Crippen MR) is 94.7 cm³/mol. The van der Waals surface area contributed by atoms with Gasteiger partial charge in [0.1, 0.15) is 0 Å². The minimum absolute atomic E-state index is 0.413. The Morgan fingerprint density at radius 2 is 2.12 bits per heavy atom. The number of aromatic carboxylic acids is 1. The summed E-state index contributed by atoms with van der Waals surface area (Å²) in [4.78, 5) is 11.3. The molecule has 3 rings (SSSR count). The summed E-state index contributed by atoms with van der Waals surface area (Å²) in [5, 5.41) is 12.9. The number of aryl methyl sites for hydroxylation is 1. The third-order valence-electron chi connectivity index (χ3n) is 5.57. The van der Waals surface area contributed by atoms with Gasteiger partial charge in [-0.05, 0) is 80.5 Å². The molecule has 0 spiro atoms. The highest BCUT2D eigenvalue weighted by atomic mass is 16.5. The summed E-state index contributed by atoms with van der Waals surface area (Å²) >= 11 is 0. The molecule has 2 aliphatic rings. The van der Waals surface area contributed by atoms with Gasteiger partial charge in [-0.25, -0.2) is 4.79 Å². The fourth-order valence-electron chi connectivity index (χ4n) is 4.15. The minimum atomic E-state index is -0.831. The Hall–Kier alpha value is -1.39. The van der Waals surface area contributed by atoms with E-state index in [1.165, 1.54) is 36.8 Å². The van der Waals surface area contributed by atoms with E-state index in [1.54, 1.807) is 6.07 Å². The van der Waals surface area contributed by atoms with Crippen LogP contribution in [0.5, 0.6) is 0 Å². The van der Waals surface area contributed by atoms with Crippen LogP contribution in [0.1, 0.15) is 66.4 Å². The smallest absolute Gasteiger partial charge is 0.335 e. The van der Waals surface area contributed by atoms with Crippen LogP contribution >= 0.6 is 0 Å². The topological polar surface area (TPSA) is 58.6 Å². The molecule has 1 fully saturated rings. The average molecular weight is 331 g/mol. The van der Waals surface area contributed by atoms with Crippen molar-refractivity contribution in [1.82, 2.24) is 5.32 Å². The predicted octanol–water partition coefficient (Wildman–Crippen LogP) is 3.60. The van der Waals surface area contributed by atoms with Gasteiger partial charge in [0.2, 0.25) is 0 Å². The quantitative estimate of drug-likeness (QED) is 0.836. The van der Waals surface area contributed by atoms with Crippen molar-refractivity contribution in [2.24, 2.45) is 5.92 Å². The second-order valence-electron chi connectivity index (χ2n) is 7.41. The number of carboxylic acid groups (broad SMARTS) is 1. The SMILES string of the molecule is CC(CC1CCOCC1)NCC1CCCc2ccc(C(=O)O)cc21. The number of hydrogen-bond donors (Lipinski definition) is 2. The maximum absolute atomic E-state index is 11.3. The molecule has 2 atom stereocenters. The summed E-state index contributed by atoms with van der Waals surface area (Å²) in [6.07, 6.45) is 6.98. The van der Waals surface area contributed by atoms with Crippen LogP contribution in [0.25, 0.3) is 0 Å². The lowest BCUT2D eigenvalue weighted by Gasteiger charge is -2.29. The van der Waals surface area contributed by atoms with E-state index in [4.69, 9.17) is 4.74 Å². The highest BCUT2D eigenvalue weighted by Gasteiger charge is 2.23. The monoisotopic (exact) mass is 331 g/mol. The number of ether oxygens (including phenoxy) is 1. The van der Waals surface area contributed by atoms with Gasteiger partial charge in [-0.2, -0.15) is 0 Å². The summed E-state index contributed by atoms with van der Waals surface area (Å²) in [7, 11) is 0. The van der Waals surface area contributed by atoms with Crippen molar-refractivity contribution in [3.8, 4) is 0 Å². The Labute approximate surface area is 144 Å². The fourth-order valence-corrected chi connectivity index (χ4v) is 4.15. The second-order valence-corrected chi connectivity index (χ2v) is 7.41. The molecule has 1 heterocycles. The molecule has 1 saturated heterocycles. The zero-order chi connectivity index (χ0) is 16.9. The Balaban J connectivity index is 1.58. The molecule has 0 radical (unpaired) electrons. The number of benzene rings is 1. The van der Waals surface area contributed by atoms with E-state index in [-0.39, 0.29) is 0 Å². The molecule has 0 saturated carbocycles. The molecular weight excluding hydrogens is 302 g/mol.